The second-order valence-corrected chi connectivity index (χ2v) is 7.74. The lowest BCUT2D eigenvalue weighted by atomic mass is 10.0. The molecule has 2 rings (SSSR count). The quantitative estimate of drug-likeness (QED) is 0.711. The Hall–Kier alpha value is -0.920. The van der Waals surface area contributed by atoms with Crippen molar-refractivity contribution in [2.45, 2.75) is 70.0 Å². The molecule has 1 fully saturated rings. The zero-order chi connectivity index (χ0) is 15.0. The number of nitrogens with one attached hydrogen (secondary N) is 3. The van der Waals surface area contributed by atoms with E-state index in [1.54, 1.807) is 6.92 Å². The first kappa shape index (κ1) is 15.5. The minimum Gasteiger partial charge on any atom is -0.308 e. The molecule has 0 spiro atoms. The molecule has 0 aliphatic heterocycles. The fourth-order valence-corrected chi connectivity index (χ4v) is 3.81. The van der Waals surface area contributed by atoms with Crippen LogP contribution in [0.2, 0.25) is 0 Å². The van der Waals surface area contributed by atoms with Gasteiger partial charge in [-0.15, -0.1) is 0 Å². The summed E-state index contributed by atoms with van der Waals surface area (Å²) in [6, 6.07) is 0.516. The lowest BCUT2D eigenvalue weighted by molar-refractivity contribution is 0.439. The number of rotatable bonds is 7. The molecule has 0 amide bonds. The molecule has 0 saturated heterocycles. The van der Waals surface area contributed by atoms with Gasteiger partial charge in [-0.2, -0.15) is 5.10 Å². The normalized spacial score (nSPS) is 16.6. The molecule has 0 unspecified atom stereocenters. The highest BCUT2D eigenvalue weighted by atomic mass is 32.2. The largest absolute Gasteiger partial charge is 0.308 e. The van der Waals surface area contributed by atoms with Crippen LogP contribution in [0.4, 0.5) is 0 Å². The maximum atomic E-state index is 12.6. The van der Waals surface area contributed by atoms with Crippen LogP contribution in [0.3, 0.4) is 0 Å². The van der Waals surface area contributed by atoms with Crippen molar-refractivity contribution in [2.24, 2.45) is 0 Å². The van der Waals surface area contributed by atoms with Crippen LogP contribution in [-0.4, -0.2) is 30.2 Å². The lowest BCUT2D eigenvalue weighted by Crippen LogP contribution is -2.43. The van der Waals surface area contributed by atoms with Crippen LogP contribution in [0.25, 0.3) is 0 Å². The number of aromatic amines is 1. The van der Waals surface area contributed by atoms with E-state index in [0.717, 1.165) is 19.3 Å². The minimum absolute atomic E-state index is 0.284. The summed E-state index contributed by atoms with van der Waals surface area (Å²) in [4.78, 5) is 0.284. The van der Waals surface area contributed by atoms with Crippen LogP contribution in [0.1, 0.15) is 51.4 Å². The number of hydrogen-bond acceptors (Lipinski definition) is 4. The van der Waals surface area contributed by atoms with Crippen molar-refractivity contribution in [1.82, 2.24) is 20.2 Å². The van der Waals surface area contributed by atoms with Crippen LogP contribution < -0.4 is 10.0 Å². The lowest BCUT2D eigenvalue weighted by Gasteiger charge is -2.24. The van der Waals surface area contributed by atoms with Crippen LogP contribution >= 0.6 is 0 Å². The highest BCUT2D eigenvalue weighted by Gasteiger charge is 2.30. The van der Waals surface area contributed by atoms with Gasteiger partial charge in [-0.05, 0) is 40.0 Å². The second kappa shape index (κ2) is 5.46. The number of aryl methyl sites for hydroxylation is 1. The van der Waals surface area contributed by atoms with Crippen molar-refractivity contribution in [3.63, 3.8) is 0 Å². The summed E-state index contributed by atoms with van der Waals surface area (Å²) >= 11 is 0. The summed E-state index contributed by atoms with van der Waals surface area (Å²) in [5, 5.41) is 10.2. The van der Waals surface area contributed by atoms with Gasteiger partial charge >= 0.3 is 0 Å². The van der Waals surface area contributed by atoms with Crippen molar-refractivity contribution >= 4 is 10.0 Å². The first-order chi connectivity index (χ1) is 9.25. The fourth-order valence-electron chi connectivity index (χ4n) is 1.96. The zero-order valence-electron chi connectivity index (χ0n) is 12.6. The van der Waals surface area contributed by atoms with Gasteiger partial charge in [0.05, 0.1) is 11.4 Å². The third-order valence-corrected chi connectivity index (χ3v) is 5.56. The van der Waals surface area contributed by atoms with Crippen molar-refractivity contribution in [1.29, 1.82) is 0 Å². The summed E-state index contributed by atoms with van der Waals surface area (Å²) in [5.74, 6) is 0. The highest BCUT2D eigenvalue weighted by Crippen LogP contribution is 2.23. The van der Waals surface area contributed by atoms with E-state index in [9.17, 15) is 8.42 Å². The third-order valence-electron chi connectivity index (χ3n) is 3.66. The minimum atomic E-state index is -3.56. The Labute approximate surface area is 120 Å². The van der Waals surface area contributed by atoms with Crippen LogP contribution in [0, 0.1) is 6.92 Å². The van der Waals surface area contributed by atoms with Gasteiger partial charge in [-0.25, -0.2) is 13.1 Å². The van der Waals surface area contributed by atoms with Gasteiger partial charge in [0.1, 0.15) is 4.90 Å². The predicted molar refractivity (Wildman–Crippen MR) is 77.9 cm³/mol. The smallest absolute Gasteiger partial charge is 0.244 e. The Morgan fingerprint density at radius 3 is 2.60 bits per heavy atom. The monoisotopic (exact) mass is 300 g/mol. The summed E-state index contributed by atoms with van der Waals surface area (Å²) in [7, 11) is -3.56. The van der Waals surface area contributed by atoms with E-state index in [1.807, 2.05) is 20.8 Å². The molecule has 20 heavy (non-hydrogen) atoms. The first-order valence-electron chi connectivity index (χ1n) is 7.06. The molecule has 0 bridgehead atoms. The van der Waals surface area contributed by atoms with Crippen molar-refractivity contribution in [3.05, 3.63) is 11.4 Å². The Kier molecular flexibility index (Phi) is 4.22. The van der Waals surface area contributed by atoms with E-state index in [-0.39, 0.29) is 4.90 Å². The Bertz CT molecular complexity index is 573. The molecular formula is C13H24N4O2S. The van der Waals surface area contributed by atoms with E-state index in [2.05, 4.69) is 20.2 Å². The molecule has 1 aliphatic rings. The number of H-pyrrole nitrogens is 1. The number of nitrogens with zero attached hydrogens (tertiary/aromatic N) is 1. The highest BCUT2D eigenvalue weighted by molar-refractivity contribution is 7.89. The Morgan fingerprint density at radius 1 is 1.40 bits per heavy atom. The predicted octanol–water partition coefficient (Wildman–Crippen LogP) is 1.44. The fraction of sp³-hybridized carbons (Fsp3) is 0.769. The number of sulfonamides is 1. The van der Waals surface area contributed by atoms with Crippen molar-refractivity contribution in [2.75, 3.05) is 0 Å². The molecule has 7 heteroatoms. The zero-order valence-corrected chi connectivity index (χ0v) is 13.4. The average molecular weight is 300 g/mol. The van der Waals surface area contributed by atoms with Gasteiger partial charge < -0.3 is 5.32 Å². The van der Waals surface area contributed by atoms with Crippen LogP contribution in [-0.2, 0) is 16.6 Å². The Morgan fingerprint density at radius 2 is 2.05 bits per heavy atom. The summed E-state index contributed by atoms with van der Waals surface area (Å²) in [5.41, 5.74) is 0.676. The van der Waals surface area contributed by atoms with Gasteiger partial charge in [0.2, 0.25) is 10.0 Å². The number of aromatic nitrogens is 2. The summed E-state index contributed by atoms with van der Waals surface area (Å²) in [6.45, 7) is 7.93. The van der Waals surface area contributed by atoms with Gasteiger partial charge in [0.25, 0.3) is 0 Å². The third kappa shape index (κ3) is 3.59. The molecule has 3 N–H and O–H groups in total. The Balaban J connectivity index is 2.23. The van der Waals surface area contributed by atoms with Crippen molar-refractivity contribution in [3.8, 4) is 0 Å². The van der Waals surface area contributed by atoms with Crippen LogP contribution in [0.5, 0.6) is 0 Å². The van der Waals surface area contributed by atoms with Gasteiger partial charge in [-0.1, -0.05) is 6.92 Å². The average Bonchev–Trinajstić information content (AvgIpc) is 3.08. The molecule has 0 atom stereocenters. The molecule has 1 aliphatic carbocycles. The molecule has 0 radical (unpaired) electrons. The second-order valence-electron chi connectivity index (χ2n) is 6.12. The first-order valence-corrected chi connectivity index (χ1v) is 8.54. The topological polar surface area (TPSA) is 86.9 Å². The molecule has 0 aromatic carbocycles. The maximum absolute atomic E-state index is 12.6. The summed E-state index contributed by atoms with van der Waals surface area (Å²) in [6.07, 6.45) is 3.04. The van der Waals surface area contributed by atoms with Crippen LogP contribution in [0.15, 0.2) is 4.90 Å². The van der Waals surface area contributed by atoms with Crippen molar-refractivity contribution < 1.29 is 8.42 Å². The molecule has 1 saturated carbocycles. The van der Waals surface area contributed by atoms with Gasteiger partial charge in [0, 0.05) is 18.1 Å². The van der Waals surface area contributed by atoms with E-state index >= 15 is 0 Å². The van der Waals surface area contributed by atoms with E-state index in [1.165, 1.54) is 0 Å². The summed E-state index contributed by atoms with van der Waals surface area (Å²) < 4.78 is 27.9. The standard InChI is InChI=1S/C13H24N4O2S/c1-5-13(3,4)17-20(18,19)12-9(2)15-16-11(12)8-14-10-6-7-10/h10,14,17H,5-8H2,1-4H3,(H,15,16). The molecular weight excluding hydrogens is 276 g/mol. The molecule has 114 valence electrons. The SMILES string of the molecule is CCC(C)(C)NS(=O)(=O)c1c(CNC2CC2)n[nH]c1C. The van der Waals surface area contributed by atoms with E-state index in [0.29, 0.717) is 24.0 Å². The number of hydrogen-bond donors (Lipinski definition) is 3. The molecule has 1 heterocycles. The van der Waals surface area contributed by atoms with Gasteiger partial charge in [-0.3, -0.25) is 5.10 Å². The molecule has 6 nitrogen and oxygen atoms in total. The maximum Gasteiger partial charge on any atom is 0.244 e. The molecule has 1 aromatic heterocycles. The van der Waals surface area contributed by atoms with Gasteiger partial charge in [0.15, 0.2) is 0 Å². The van der Waals surface area contributed by atoms with E-state index in [4.69, 9.17) is 0 Å². The molecule has 1 aromatic rings. The van der Waals surface area contributed by atoms with E-state index < -0.39 is 15.6 Å².